The minimum atomic E-state index is -1.36. The van der Waals surface area contributed by atoms with E-state index in [4.69, 9.17) is 14.2 Å². The third-order valence-electron chi connectivity index (χ3n) is 3.29. The molecule has 19 heavy (non-hydrogen) atoms. The summed E-state index contributed by atoms with van der Waals surface area (Å²) in [7, 11) is 0. The molecule has 2 aliphatic rings. The molecule has 0 spiro atoms. The Hall–Kier alpha value is -1.47. The van der Waals surface area contributed by atoms with E-state index in [0.717, 1.165) is 5.56 Å². The number of esters is 1. The van der Waals surface area contributed by atoms with E-state index in [1.807, 2.05) is 30.3 Å². The predicted molar refractivity (Wildman–Crippen MR) is 61.8 cm³/mol. The van der Waals surface area contributed by atoms with Gasteiger partial charge in [-0.05, 0) is 5.56 Å². The second-order valence-electron chi connectivity index (χ2n) is 4.60. The molecule has 0 aromatic heterocycles. The summed E-state index contributed by atoms with van der Waals surface area (Å²) >= 11 is 0. The molecule has 0 radical (unpaired) electrons. The molecule has 0 bridgehead atoms. The minimum absolute atomic E-state index is 0.270. The third kappa shape index (κ3) is 2.23. The monoisotopic (exact) mass is 266 g/mol. The van der Waals surface area contributed by atoms with E-state index < -0.39 is 36.7 Å². The van der Waals surface area contributed by atoms with Gasteiger partial charge in [-0.1, -0.05) is 30.3 Å². The fourth-order valence-corrected chi connectivity index (χ4v) is 2.28. The van der Waals surface area contributed by atoms with Crippen LogP contribution < -0.4 is 0 Å². The van der Waals surface area contributed by atoms with Crippen LogP contribution in [0.5, 0.6) is 0 Å². The minimum Gasteiger partial charge on any atom is -0.454 e. The molecule has 2 heterocycles. The van der Waals surface area contributed by atoms with Gasteiger partial charge in [-0.2, -0.15) is 0 Å². The molecule has 6 heteroatoms. The average Bonchev–Trinajstić information content (AvgIpc) is 2.88. The van der Waals surface area contributed by atoms with E-state index in [9.17, 15) is 15.0 Å². The van der Waals surface area contributed by atoms with Gasteiger partial charge in [-0.15, -0.1) is 0 Å². The van der Waals surface area contributed by atoms with Gasteiger partial charge in [-0.25, -0.2) is 4.79 Å². The first-order chi connectivity index (χ1) is 9.16. The molecule has 2 aliphatic heterocycles. The molecule has 2 fully saturated rings. The van der Waals surface area contributed by atoms with Crippen molar-refractivity contribution in [3.8, 4) is 0 Å². The number of carbonyl (C=O) groups excluding carboxylic acids is 1. The Labute approximate surface area is 109 Å². The van der Waals surface area contributed by atoms with Gasteiger partial charge in [0.25, 0.3) is 0 Å². The van der Waals surface area contributed by atoms with Crippen molar-refractivity contribution in [1.29, 1.82) is 0 Å². The SMILES string of the molecule is O=C1O[C@@H]2[C@@H](O)[C@@H](OCc3ccccc3)O[C@@H]2[C@@H]1O. The first kappa shape index (κ1) is 12.6. The largest absolute Gasteiger partial charge is 0.454 e. The number of carbonyl (C=O) groups is 1. The highest BCUT2D eigenvalue weighted by Gasteiger charge is 2.56. The number of hydrogen-bond acceptors (Lipinski definition) is 6. The van der Waals surface area contributed by atoms with Gasteiger partial charge >= 0.3 is 5.97 Å². The lowest BCUT2D eigenvalue weighted by Gasteiger charge is -2.17. The summed E-state index contributed by atoms with van der Waals surface area (Å²) in [4.78, 5) is 11.1. The summed E-state index contributed by atoms with van der Waals surface area (Å²) in [5, 5.41) is 19.5. The zero-order valence-corrected chi connectivity index (χ0v) is 10.0. The summed E-state index contributed by atoms with van der Waals surface area (Å²) in [6.07, 6.45) is -5.07. The van der Waals surface area contributed by atoms with Crippen LogP contribution in [0.1, 0.15) is 5.56 Å². The van der Waals surface area contributed by atoms with Crippen molar-refractivity contribution in [3.05, 3.63) is 35.9 Å². The molecule has 0 unspecified atom stereocenters. The Morgan fingerprint density at radius 3 is 2.58 bits per heavy atom. The van der Waals surface area contributed by atoms with E-state index in [-0.39, 0.29) is 6.61 Å². The molecule has 3 rings (SSSR count). The summed E-state index contributed by atoms with van der Waals surface area (Å²) in [6, 6.07) is 9.43. The van der Waals surface area contributed by atoms with Crippen molar-refractivity contribution < 1.29 is 29.2 Å². The zero-order chi connectivity index (χ0) is 13.4. The standard InChI is InChI=1S/C13H14O6/c14-8-10-11(18-12(8)16)9(15)13(19-10)17-6-7-4-2-1-3-5-7/h1-5,8-11,13-15H,6H2/t8-,9+,10+,11+,13-/m0/s1. The van der Waals surface area contributed by atoms with E-state index >= 15 is 0 Å². The Balaban J connectivity index is 1.61. The molecule has 1 aromatic carbocycles. The van der Waals surface area contributed by atoms with Gasteiger partial charge in [0.15, 0.2) is 18.5 Å². The normalized spacial score (nSPS) is 37.2. The second-order valence-corrected chi connectivity index (χ2v) is 4.60. The summed E-state index contributed by atoms with van der Waals surface area (Å²) in [5.41, 5.74) is 0.938. The quantitative estimate of drug-likeness (QED) is 0.722. The van der Waals surface area contributed by atoms with Crippen LogP contribution >= 0.6 is 0 Å². The molecule has 6 nitrogen and oxygen atoms in total. The fraction of sp³-hybridized carbons (Fsp3) is 0.462. The van der Waals surface area contributed by atoms with Crippen molar-refractivity contribution in [3.63, 3.8) is 0 Å². The van der Waals surface area contributed by atoms with Gasteiger partial charge in [0.2, 0.25) is 0 Å². The molecule has 0 saturated carbocycles. The van der Waals surface area contributed by atoms with Crippen LogP contribution in [0, 0.1) is 0 Å². The van der Waals surface area contributed by atoms with E-state index in [0.29, 0.717) is 0 Å². The number of rotatable bonds is 3. The lowest BCUT2D eigenvalue weighted by molar-refractivity contribution is -0.191. The maximum Gasteiger partial charge on any atom is 0.338 e. The number of aliphatic hydroxyl groups excluding tert-OH is 2. The van der Waals surface area contributed by atoms with Crippen molar-refractivity contribution in [1.82, 2.24) is 0 Å². The molecule has 2 saturated heterocycles. The van der Waals surface area contributed by atoms with Crippen LogP contribution in [0.2, 0.25) is 0 Å². The highest BCUT2D eigenvalue weighted by atomic mass is 16.7. The van der Waals surface area contributed by atoms with E-state index in [1.165, 1.54) is 0 Å². The number of aliphatic hydroxyl groups is 2. The van der Waals surface area contributed by atoms with Crippen molar-refractivity contribution in [2.24, 2.45) is 0 Å². The first-order valence-electron chi connectivity index (χ1n) is 6.04. The molecule has 0 amide bonds. The second kappa shape index (κ2) is 4.90. The van der Waals surface area contributed by atoms with Crippen LogP contribution in [0.25, 0.3) is 0 Å². The molecular weight excluding hydrogens is 252 g/mol. The highest BCUT2D eigenvalue weighted by Crippen LogP contribution is 2.32. The number of fused-ring (bicyclic) bond motifs is 1. The summed E-state index contributed by atoms with van der Waals surface area (Å²) < 4.78 is 15.6. The molecule has 102 valence electrons. The van der Waals surface area contributed by atoms with E-state index in [1.54, 1.807) is 0 Å². The molecule has 2 N–H and O–H groups in total. The van der Waals surface area contributed by atoms with Crippen LogP contribution in [-0.4, -0.2) is 46.9 Å². The van der Waals surface area contributed by atoms with Gasteiger partial charge in [0.05, 0.1) is 6.61 Å². The predicted octanol–water partition coefficient (Wildman–Crippen LogP) is -0.425. The molecule has 1 aromatic rings. The number of benzene rings is 1. The smallest absolute Gasteiger partial charge is 0.338 e. The topological polar surface area (TPSA) is 85.2 Å². The van der Waals surface area contributed by atoms with Crippen LogP contribution in [0.3, 0.4) is 0 Å². The highest BCUT2D eigenvalue weighted by molar-refractivity contribution is 5.78. The molecule has 0 aliphatic carbocycles. The number of hydrogen-bond donors (Lipinski definition) is 2. The maximum atomic E-state index is 11.1. The zero-order valence-electron chi connectivity index (χ0n) is 10.0. The Bertz CT molecular complexity index is 461. The molecule has 5 atom stereocenters. The summed E-state index contributed by atoms with van der Waals surface area (Å²) in [6.45, 7) is 0.270. The van der Waals surface area contributed by atoms with Gasteiger partial charge in [-0.3, -0.25) is 0 Å². The fourth-order valence-electron chi connectivity index (χ4n) is 2.28. The third-order valence-corrected chi connectivity index (χ3v) is 3.29. The van der Waals surface area contributed by atoms with Gasteiger partial charge in [0, 0.05) is 0 Å². The summed E-state index contributed by atoms with van der Waals surface area (Å²) in [5.74, 6) is -0.768. The van der Waals surface area contributed by atoms with Crippen LogP contribution in [0.4, 0.5) is 0 Å². The van der Waals surface area contributed by atoms with Crippen molar-refractivity contribution in [2.45, 2.75) is 37.3 Å². The Morgan fingerprint density at radius 2 is 1.89 bits per heavy atom. The Morgan fingerprint density at radius 1 is 1.16 bits per heavy atom. The van der Waals surface area contributed by atoms with Gasteiger partial charge < -0.3 is 24.4 Å². The van der Waals surface area contributed by atoms with E-state index in [2.05, 4.69) is 0 Å². The lowest BCUT2D eigenvalue weighted by Crippen LogP contribution is -2.33. The van der Waals surface area contributed by atoms with Crippen molar-refractivity contribution >= 4 is 5.97 Å². The average molecular weight is 266 g/mol. The maximum absolute atomic E-state index is 11.1. The van der Waals surface area contributed by atoms with Crippen LogP contribution in [-0.2, 0) is 25.6 Å². The Kier molecular flexibility index (Phi) is 3.24. The van der Waals surface area contributed by atoms with Crippen LogP contribution in [0.15, 0.2) is 30.3 Å². The first-order valence-corrected chi connectivity index (χ1v) is 6.04. The molecular formula is C13H14O6. The van der Waals surface area contributed by atoms with Crippen molar-refractivity contribution in [2.75, 3.05) is 0 Å². The van der Waals surface area contributed by atoms with Gasteiger partial charge in [0.1, 0.15) is 12.2 Å². The number of ether oxygens (including phenoxy) is 3. The lowest BCUT2D eigenvalue weighted by atomic mass is 10.1.